The fraction of sp³-hybridized carbons (Fsp3) is 0.923. The van der Waals surface area contributed by atoms with Gasteiger partial charge in [-0.15, -0.1) is 0 Å². The van der Waals surface area contributed by atoms with E-state index in [2.05, 4.69) is 38.3 Å². The highest BCUT2D eigenvalue weighted by Gasteiger charge is 2.22. The van der Waals surface area contributed by atoms with Gasteiger partial charge in [0.25, 0.3) is 0 Å². The highest BCUT2D eigenvalue weighted by Crippen LogP contribution is 2.27. The van der Waals surface area contributed by atoms with Gasteiger partial charge in [-0.1, -0.05) is 27.7 Å². The Morgan fingerprint density at radius 2 is 2.00 bits per heavy atom. The minimum absolute atomic E-state index is 0.132. The van der Waals surface area contributed by atoms with Crippen molar-refractivity contribution in [2.45, 2.75) is 40.5 Å². The van der Waals surface area contributed by atoms with E-state index in [0.29, 0.717) is 17.9 Å². The van der Waals surface area contributed by atoms with Crippen molar-refractivity contribution in [1.82, 2.24) is 10.6 Å². The zero-order valence-corrected chi connectivity index (χ0v) is 11.1. The SMILES string of the molecule is CC(CNCC(=O)NCC1CC1)C(C)(C)C. The molecule has 1 amide bonds. The van der Waals surface area contributed by atoms with Crippen molar-refractivity contribution in [3.8, 4) is 0 Å². The molecule has 94 valence electrons. The first-order chi connectivity index (χ1) is 7.39. The molecule has 1 rings (SSSR count). The Balaban J connectivity index is 2.02. The summed E-state index contributed by atoms with van der Waals surface area (Å²) >= 11 is 0. The van der Waals surface area contributed by atoms with Crippen LogP contribution < -0.4 is 10.6 Å². The molecule has 2 N–H and O–H groups in total. The van der Waals surface area contributed by atoms with Gasteiger partial charge in [0.05, 0.1) is 6.54 Å². The van der Waals surface area contributed by atoms with Crippen LogP contribution in [0, 0.1) is 17.3 Å². The van der Waals surface area contributed by atoms with E-state index in [4.69, 9.17) is 0 Å². The van der Waals surface area contributed by atoms with Crippen LogP contribution in [0.2, 0.25) is 0 Å². The third kappa shape index (κ3) is 5.50. The predicted octanol–water partition coefficient (Wildman–Crippen LogP) is 1.78. The van der Waals surface area contributed by atoms with E-state index >= 15 is 0 Å². The van der Waals surface area contributed by atoms with Gasteiger partial charge in [0.15, 0.2) is 0 Å². The normalized spacial score (nSPS) is 18.2. The van der Waals surface area contributed by atoms with Gasteiger partial charge in [0, 0.05) is 6.54 Å². The Labute approximate surface area is 99.4 Å². The lowest BCUT2D eigenvalue weighted by Gasteiger charge is -2.27. The number of carbonyl (C=O) groups is 1. The lowest BCUT2D eigenvalue weighted by atomic mass is 9.82. The smallest absolute Gasteiger partial charge is 0.233 e. The second-order valence-corrected chi connectivity index (χ2v) is 6.15. The van der Waals surface area contributed by atoms with Crippen molar-refractivity contribution >= 4 is 5.91 Å². The minimum atomic E-state index is 0.132. The van der Waals surface area contributed by atoms with Crippen LogP contribution in [0.4, 0.5) is 0 Å². The molecule has 0 radical (unpaired) electrons. The van der Waals surface area contributed by atoms with Gasteiger partial charge in [-0.3, -0.25) is 4.79 Å². The van der Waals surface area contributed by atoms with Crippen LogP contribution in [0.25, 0.3) is 0 Å². The lowest BCUT2D eigenvalue weighted by Crippen LogP contribution is -2.38. The molecule has 1 aliphatic carbocycles. The van der Waals surface area contributed by atoms with Crippen molar-refractivity contribution in [1.29, 1.82) is 0 Å². The molecule has 1 fully saturated rings. The monoisotopic (exact) mass is 226 g/mol. The van der Waals surface area contributed by atoms with Gasteiger partial charge in [-0.2, -0.15) is 0 Å². The maximum absolute atomic E-state index is 11.4. The number of carbonyl (C=O) groups excluding carboxylic acids is 1. The summed E-state index contributed by atoms with van der Waals surface area (Å²) in [6, 6.07) is 0. The molecule has 0 bridgehead atoms. The molecule has 1 aliphatic rings. The van der Waals surface area contributed by atoms with Crippen molar-refractivity contribution < 1.29 is 4.79 Å². The summed E-state index contributed by atoms with van der Waals surface area (Å²) in [5.74, 6) is 1.47. The van der Waals surface area contributed by atoms with Crippen LogP contribution in [0.15, 0.2) is 0 Å². The summed E-state index contributed by atoms with van der Waals surface area (Å²) in [7, 11) is 0. The van der Waals surface area contributed by atoms with E-state index in [1.54, 1.807) is 0 Å². The first kappa shape index (κ1) is 13.5. The molecule has 0 aromatic heterocycles. The van der Waals surface area contributed by atoms with E-state index in [1.165, 1.54) is 12.8 Å². The summed E-state index contributed by atoms with van der Waals surface area (Å²) in [6.07, 6.45) is 2.57. The maximum atomic E-state index is 11.4. The zero-order chi connectivity index (χ0) is 12.2. The molecule has 0 aliphatic heterocycles. The van der Waals surface area contributed by atoms with Crippen molar-refractivity contribution in [2.75, 3.05) is 19.6 Å². The second kappa shape index (κ2) is 5.67. The van der Waals surface area contributed by atoms with E-state index < -0.39 is 0 Å². The van der Waals surface area contributed by atoms with Crippen LogP contribution in [-0.2, 0) is 4.79 Å². The molecule has 0 aromatic rings. The molecule has 16 heavy (non-hydrogen) atoms. The lowest BCUT2D eigenvalue weighted by molar-refractivity contribution is -0.120. The third-order valence-electron chi connectivity index (χ3n) is 3.50. The molecule has 1 unspecified atom stereocenters. The molecular formula is C13H26N2O. The van der Waals surface area contributed by atoms with Crippen LogP contribution >= 0.6 is 0 Å². The summed E-state index contributed by atoms with van der Waals surface area (Å²) in [4.78, 5) is 11.4. The fourth-order valence-corrected chi connectivity index (χ4v) is 1.35. The topological polar surface area (TPSA) is 41.1 Å². The van der Waals surface area contributed by atoms with Crippen LogP contribution in [0.3, 0.4) is 0 Å². The molecule has 0 aromatic carbocycles. The van der Waals surface area contributed by atoms with Gasteiger partial charge < -0.3 is 10.6 Å². The molecular weight excluding hydrogens is 200 g/mol. The highest BCUT2D eigenvalue weighted by molar-refractivity contribution is 5.77. The van der Waals surface area contributed by atoms with E-state index in [-0.39, 0.29) is 5.91 Å². The zero-order valence-electron chi connectivity index (χ0n) is 11.1. The van der Waals surface area contributed by atoms with E-state index in [9.17, 15) is 4.79 Å². The molecule has 1 atom stereocenters. The highest BCUT2D eigenvalue weighted by atomic mass is 16.1. The summed E-state index contributed by atoms with van der Waals surface area (Å²) < 4.78 is 0. The summed E-state index contributed by atoms with van der Waals surface area (Å²) in [5.41, 5.74) is 0.303. The third-order valence-corrected chi connectivity index (χ3v) is 3.50. The molecule has 1 saturated carbocycles. The van der Waals surface area contributed by atoms with Gasteiger partial charge in [0.2, 0.25) is 5.91 Å². The van der Waals surface area contributed by atoms with Crippen molar-refractivity contribution in [3.05, 3.63) is 0 Å². The number of amides is 1. The second-order valence-electron chi connectivity index (χ2n) is 6.15. The number of hydrogen-bond donors (Lipinski definition) is 2. The average molecular weight is 226 g/mol. The predicted molar refractivity (Wildman–Crippen MR) is 67.2 cm³/mol. The number of hydrogen-bond acceptors (Lipinski definition) is 2. The van der Waals surface area contributed by atoms with Gasteiger partial charge in [-0.05, 0) is 36.6 Å². The summed E-state index contributed by atoms with van der Waals surface area (Å²) in [6.45, 7) is 11.1. The summed E-state index contributed by atoms with van der Waals surface area (Å²) in [5, 5.41) is 6.18. The number of nitrogens with one attached hydrogen (secondary N) is 2. The van der Waals surface area contributed by atoms with Gasteiger partial charge >= 0.3 is 0 Å². The fourth-order valence-electron chi connectivity index (χ4n) is 1.35. The van der Waals surface area contributed by atoms with E-state index in [0.717, 1.165) is 19.0 Å². The minimum Gasteiger partial charge on any atom is -0.355 e. The Morgan fingerprint density at radius 1 is 1.38 bits per heavy atom. The quantitative estimate of drug-likeness (QED) is 0.725. The van der Waals surface area contributed by atoms with Crippen LogP contribution in [-0.4, -0.2) is 25.5 Å². The Hall–Kier alpha value is -0.570. The van der Waals surface area contributed by atoms with Crippen molar-refractivity contribution in [2.24, 2.45) is 17.3 Å². The Bertz CT molecular complexity index is 229. The Kier molecular flexibility index (Phi) is 4.78. The molecule has 3 heteroatoms. The van der Waals surface area contributed by atoms with Gasteiger partial charge in [-0.25, -0.2) is 0 Å². The largest absolute Gasteiger partial charge is 0.355 e. The standard InChI is InChI=1S/C13H26N2O/c1-10(13(2,3)4)7-14-9-12(16)15-8-11-5-6-11/h10-11,14H,5-9H2,1-4H3,(H,15,16). The van der Waals surface area contributed by atoms with Crippen LogP contribution in [0.5, 0.6) is 0 Å². The molecule has 0 saturated heterocycles. The van der Waals surface area contributed by atoms with E-state index in [1.807, 2.05) is 0 Å². The average Bonchev–Trinajstić information content (AvgIpc) is 2.96. The first-order valence-electron chi connectivity index (χ1n) is 6.37. The molecule has 0 spiro atoms. The maximum Gasteiger partial charge on any atom is 0.233 e. The van der Waals surface area contributed by atoms with Gasteiger partial charge in [0.1, 0.15) is 0 Å². The number of rotatable bonds is 6. The first-order valence-corrected chi connectivity index (χ1v) is 6.37. The molecule has 3 nitrogen and oxygen atoms in total. The van der Waals surface area contributed by atoms with Crippen molar-refractivity contribution in [3.63, 3.8) is 0 Å². The molecule has 0 heterocycles. The van der Waals surface area contributed by atoms with Crippen LogP contribution in [0.1, 0.15) is 40.5 Å². The Morgan fingerprint density at radius 3 is 2.50 bits per heavy atom.